The summed E-state index contributed by atoms with van der Waals surface area (Å²) in [6.45, 7) is 8.19. The topological polar surface area (TPSA) is 90.5 Å². The first kappa shape index (κ1) is 16.0. The van der Waals surface area contributed by atoms with Crippen molar-refractivity contribution in [2.75, 3.05) is 36.4 Å². The molecule has 1 aromatic rings. The van der Waals surface area contributed by atoms with Crippen molar-refractivity contribution in [3.8, 4) is 0 Å². The quantitative estimate of drug-likeness (QED) is 0.857. The summed E-state index contributed by atoms with van der Waals surface area (Å²) < 4.78 is 0. The van der Waals surface area contributed by atoms with Gasteiger partial charge in [-0.05, 0) is 26.0 Å². The summed E-state index contributed by atoms with van der Waals surface area (Å²) in [4.78, 5) is 26.8. The van der Waals surface area contributed by atoms with Gasteiger partial charge in [0, 0.05) is 39.1 Å². The zero-order valence-corrected chi connectivity index (χ0v) is 13.2. The van der Waals surface area contributed by atoms with Crippen LogP contribution in [0, 0.1) is 0 Å². The van der Waals surface area contributed by atoms with E-state index in [4.69, 9.17) is 0 Å². The lowest BCUT2D eigenvalue weighted by molar-refractivity contribution is -0.129. The van der Waals surface area contributed by atoms with E-state index in [2.05, 4.69) is 25.7 Å². The fraction of sp³-hybridized carbons (Fsp3) is 0.571. The predicted octanol–water partition coefficient (Wildman–Crippen LogP) is 0.675. The summed E-state index contributed by atoms with van der Waals surface area (Å²) >= 11 is 0. The zero-order chi connectivity index (χ0) is 16.1. The van der Waals surface area contributed by atoms with Crippen molar-refractivity contribution in [2.45, 2.75) is 26.8 Å². The molecule has 120 valence electrons. The molecule has 2 rings (SSSR count). The van der Waals surface area contributed by atoms with E-state index in [1.807, 2.05) is 24.8 Å². The van der Waals surface area contributed by atoms with E-state index in [-0.39, 0.29) is 18.0 Å². The SMILES string of the molecule is CC(=O)N1CCN(c2ccc(NC(=O)NC(C)C)nn2)CC1. The van der Waals surface area contributed by atoms with Crippen LogP contribution in [-0.2, 0) is 4.79 Å². The molecule has 0 bridgehead atoms. The summed E-state index contributed by atoms with van der Waals surface area (Å²) in [5, 5.41) is 13.5. The van der Waals surface area contributed by atoms with E-state index in [0.717, 1.165) is 18.9 Å². The third kappa shape index (κ3) is 4.31. The Kier molecular flexibility index (Phi) is 5.13. The Labute approximate surface area is 129 Å². The Morgan fingerprint density at radius 1 is 1.14 bits per heavy atom. The van der Waals surface area contributed by atoms with Crippen molar-refractivity contribution in [3.05, 3.63) is 12.1 Å². The molecule has 0 unspecified atom stereocenters. The standard InChI is InChI=1S/C14H22N6O2/c1-10(2)15-14(22)16-12-4-5-13(18-17-12)20-8-6-19(7-9-20)11(3)21/h4-5,10H,6-9H2,1-3H3,(H2,15,16,17,22). The minimum absolute atomic E-state index is 0.0600. The fourth-order valence-electron chi connectivity index (χ4n) is 2.23. The van der Waals surface area contributed by atoms with Gasteiger partial charge in [-0.3, -0.25) is 10.1 Å². The van der Waals surface area contributed by atoms with Gasteiger partial charge in [-0.25, -0.2) is 4.79 Å². The van der Waals surface area contributed by atoms with Gasteiger partial charge < -0.3 is 15.1 Å². The second kappa shape index (κ2) is 7.06. The molecule has 0 spiro atoms. The molecule has 0 saturated carbocycles. The van der Waals surface area contributed by atoms with Gasteiger partial charge in [0.1, 0.15) is 0 Å². The van der Waals surface area contributed by atoms with Crippen LogP contribution >= 0.6 is 0 Å². The fourth-order valence-corrected chi connectivity index (χ4v) is 2.23. The van der Waals surface area contributed by atoms with Crippen LogP contribution in [0.4, 0.5) is 16.4 Å². The third-order valence-electron chi connectivity index (χ3n) is 3.36. The molecule has 0 atom stereocenters. The number of carbonyl (C=O) groups is 2. The lowest BCUT2D eigenvalue weighted by Crippen LogP contribution is -2.48. The Morgan fingerprint density at radius 3 is 2.32 bits per heavy atom. The normalized spacial score (nSPS) is 14.9. The maximum atomic E-state index is 11.6. The van der Waals surface area contributed by atoms with Crippen LogP contribution in [0.15, 0.2) is 12.1 Å². The maximum Gasteiger partial charge on any atom is 0.320 e. The van der Waals surface area contributed by atoms with Crippen LogP contribution in [0.1, 0.15) is 20.8 Å². The molecule has 22 heavy (non-hydrogen) atoms. The molecule has 8 nitrogen and oxygen atoms in total. The number of rotatable bonds is 3. The van der Waals surface area contributed by atoms with Gasteiger partial charge in [0.05, 0.1) is 0 Å². The van der Waals surface area contributed by atoms with Gasteiger partial charge >= 0.3 is 6.03 Å². The number of nitrogens with one attached hydrogen (secondary N) is 2. The average molecular weight is 306 g/mol. The number of aromatic nitrogens is 2. The van der Waals surface area contributed by atoms with Gasteiger partial charge in [0.2, 0.25) is 5.91 Å². The van der Waals surface area contributed by atoms with Gasteiger partial charge in [-0.15, -0.1) is 10.2 Å². The molecule has 1 aliphatic heterocycles. The summed E-state index contributed by atoms with van der Waals surface area (Å²) in [5.41, 5.74) is 0. The molecule has 1 aromatic heterocycles. The second-order valence-electron chi connectivity index (χ2n) is 5.52. The first-order valence-electron chi connectivity index (χ1n) is 7.37. The highest BCUT2D eigenvalue weighted by Gasteiger charge is 2.19. The number of hydrogen-bond acceptors (Lipinski definition) is 5. The van der Waals surface area contributed by atoms with E-state index >= 15 is 0 Å². The summed E-state index contributed by atoms with van der Waals surface area (Å²) in [6, 6.07) is 3.30. The number of piperazine rings is 1. The van der Waals surface area contributed by atoms with E-state index < -0.39 is 0 Å². The Hall–Kier alpha value is -2.38. The number of anilines is 2. The molecule has 0 radical (unpaired) electrons. The lowest BCUT2D eigenvalue weighted by atomic mass is 10.3. The van der Waals surface area contributed by atoms with Crippen LogP contribution < -0.4 is 15.5 Å². The summed E-state index contributed by atoms with van der Waals surface area (Å²) in [6.07, 6.45) is 0. The summed E-state index contributed by atoms with van der Waals surface area (Å²) in [5.74, 6) is 1.25. The average Bonchev–Trinajstić information content (AvgIpc) is 2.47. The second-order valence-corrected chi connectivity index (χ2v) is 5.52. The molecule has 8 heteroatoms. The van der Waals surface area contributed by atoms with Gasteiger partial charge in [0.15, 0.2) is 11.6 Å². The maximum absolute atomic E-state index is 11.6. The number of carbonyl (C=O) groups excluding carboxylic acids is 2. The highest BCUT2D eigenvalue weighted by molar-refractivity contribution is 5.88. The van der Waals surface area contributed by atoms with Gasteiger partial charge in [-0.2, -0.15) is 0 Å². The van der Waals surface area contributed by atoms with Crippen molar-refractivity contribution in [3.63, 3.8) is 0 Å². The molecule has 3 amide bonds. The molecule has 2 N–H and O–H groups in total. The smallest absolute Gasteiger partial charge is 0.320 e. The minimum Gasteiger partial charge on any atom is -0.352 e. The highest BCUT2D eigenvalue weighted by Crippen LogP contribution is 2.14. The molecule has 1 aliphatic rings. The van der Waals surface area contributed by atoms with Crippen LogP contribution in [0.3, 0.4) is 0 Å². The number of nitrogens with zero attached hydrogens (tertiary/aromatic N) is 4. The lowest BCUT2D eigenvalue weighted by Gasteiger charge is -2.34. The van der Waals surface area contributed by atoms with Crippen molar-refractivity contribution < 1.29 is 9.59 Å². The zero-order valence-electron chi connectivity index (χ0n) is 13.2. The minimum atomic E-state index is -0.299. The molecule has 1 fully saturated rings. The van der Waals surface area contributed by atoms with Gasteiger partial charge in [-0.1, -0.05) is 0 Å². The van der Waals surface area contributed by atoms with E-state index in [1.165, 1.54) is 0 Å². The molecule has 1 saturated heterocycles. The molecule has 2 heterocycles. The molecule has 0 aliphatic carbocycles. The number of amides is 3. The Balaban J connectivity index is 1.90. The van der Waals surface area contributed by atoms with Crippen molar-refractivity contribution in [1.29, 1.82) is 0 Å². The van der Waals surface area contributed by atoms with Crippen molar-refractivity contribution in [2.24, 2.45) is 0 Å². The summed E-state index contributed by atoms with van der Waals surface area (Å²) in [7, 11) is 0. The first-order chi connectivity index (χ1) is 10.5. The third-order valence-corrected chi connectivity index (χ3v) is 3.36. The molecule has 0 aromatic carbocycles. The van der Waals surface area contributed by atoms with E-state index in [0.29, 0.717) is 18.9 Å². The van der Waals surface area contributed by atoms with Gasteiger partial charge in [0.25, 0.3) is 0 Å². The van der Waals surface area contributed by atoms with Crippen LogP contribution in [0.2, 0.25) is 0 Å². The van der Waals surface area contributed by atoms with E-state index in [9.17, 15) is 9.59 Å². The van der Waals surface area contributed by atoms with Crippen LogP contribution in [0.25, 0.3) is 0 Å². The van der Waals surface area contributed by atoms with E-state index in [1.54, 1.807) is 13.0 Å². The van der Waals surface area contributed by atoms with Crippen molar-refractivity contribution >= 4 is 23.6 Å². The first-order valence-corrected chi connectivity index (χ1v) is 7.37. The number of urea groups is 1. The Morgan fingerprint density at radius 2 is 1.82 bits per heavy atom. The largest absolute Gasteiger partial charge is 0.352 e. The van der Waals surface area contributed by atoms with Crippen LogP contribution in [0.5, 0.6) is 0 Å². The monoisotopic (exact) mass is 306 g/mol. The molecular weight excluding hydrogens is 284 g/mol. The highest BCUT2D eigenvalue weighted by atomic mass is 16.2. The molecular formula is C14H22N6O2. The predicted molar refractivity (Wildman–Crippen MR) is 83.8 cm³/mol. The Bertz CT molecular complexity index is 523. The number of hydrogen-bond donors (Lipinski definition) is 2. The van der Waals surface area contributed by atoms with Crippen molar-refractivity contribution in [1.82, 2.24) is 20.4 Å². The van der Waals surface area contributed by atoms with Crippen LogP contribution in [-0.4, -0.2) is 59.3 Å².